The van der Waals surface area contributed by atoms with Crippen molar-refractivity contribution in [2.24, 2.45) is 5.73 Å². The minimum Gasteiger partial charge on any atom is -0.381 e. The zero-order valence-corrected chi connectivity index (χ0v) is 11.4. The molecule has 19 heavy (non-hydrogen) atoms. The van der Waals surface area contributed by atoms with Crippen molar-refractivity contribution in [1.82, 2.24) is 4.90 Å². The van der Waals surface area contributed by atoms with Crippen LogP contribution in [-0.2, 0) is 16.0 Å². The van der Waals surface area contributed by atoms with Gasteiger partial charge in [-0.25, -0.2) is 0 Å². The summed E-state index contributed by atoms with van der Waals surface area (Å²) in [6, 6.07) is 9.70. The summed E-state index contributed by atoms with van der Waals surface area (Å²) < 4.78 is 5.32. The third-order valence-electron chi connectivity index (χ3n) is 3.70. The summed E-state index contributed by atoms with van der Waals surface area (Å²) in [7, 11) is 1.85. The van der Waals surface area contributed by atoms with E-state index >= 15 is 0 Å². The van der Waals surface area contributed by atoms with E-state index in [-0.39, 0.29) is 11.9 Å². The van der Waals surface area contributed by atoms with E-state index in [2.05, 4.69) is 0 Å². The monoisotopic (exact) mass is 262 g/mol. The van der Waals surface area contributed by atoms with Crippen molar-refractivity contribution in [2.45, 2.75) is 31.3 Å². The maximum Gasteiger partial charge on any atom is 0.239 e. The lowest BCUT2D eigenvalue weighted by molar-refractivity contribution is -0.135. The lowest BCUT2D eigenvalue weighted by Crippen LogP contribution is -2.49. The summed E-state index contributed by atoms with van der Waals surface area (Å²) in [4.78, 5) is 14.1. The van der Waals surface area contributed by atoms with E-state index in [0.717, 1.165) is 31.6 Å². The highest BCUT2D eigenvalue weighted by atomic mass is 16.5. The van der Waals surface area contributed by atoms with Crippen LogP contribution in [0.4, 0.5) is 0 Å². The highest BCUT2D eigenvalue weighted by molar-refractivity contribution is 5.82. The summed E-state index contributed by atoms with van der Waals surface area (Å²) in [5.41, 5.74) is 7.14. The van der Waals surface area contributed by atoms with Crippen LogP contribution in [0.2, 0.25) is 0 Å². The van der Waals surface area contributed by atoms with Crippen molar-refractivity contribution in [3.05, 3.63) is 35.9 Å². The second-order valence-corrected chi connectivity index (χ2v) is 5.09. The fraction of sp³-hybridized carbons (Fsp3) is 0.533. The van der Waals surface area contributed by atoms with Gasteiger partial charge in [-0.3, -0.25) is 4.79 Å². The summed E-state index contributed by atoms with van der Waals surface area (Å²) in [6.07, 6.45) is 2.40. The minimum absolute atomic E-state index is 0.0238. The van der Waals surface area contributed by atoms with Gasteiger partial charge in [0.1, 0.15) is 0 Å². The molecule has 0 radical (unpaired) electrons. The van der Waals surface area contributed by atoms with Gasteiger partial charge in [-0.15, -0.1) is 0 Å². The summed E-state index contributed by atoms with van der Waals surface area (Å²) in [6.45, 7) is 1.46. The van der Waals surface area contributed by atoms with Crippen molar-refractivity contribution in [3.8, 4) is 0 Å². The fourth-order valence-electron chi connectivity index (χ4n) is 2.47. The highest BCUT2D eigenvalue weighted by Crippen LogP contribution is 2.14. The Morgan fingerprint density at radius 3 is 2.63 bits per heavy atom. The van der Waals surface area contributed by atoms with Crippen molar-refractivity contribution >= 4 is 5.91 Å². The van der Waals surface area contributed by atoms with Crippen molar-refractivity contribution < 1.29 is 9.53 Å². The summed E-state index contributed by atoms with van der Waals surface area (Å²) in [5, 5.41) is 0. The smallest absolute Gasteiger partial charge is 0.239 e. The molecule has 0 spiro atoms. The van der Waals surface area contributed by atoms with Crippen LogP contribution >= 0.6 is 0 Å². The van der Waals surface area contributed by atoms with Crippen LogP contribution in [-0.4, -0.2) is 43.2 Å². The molecule has 4 heteroatoms. The van der Waals surface area contributed by atoms with Gasteiger partial charge >= 0.3 is 0 Å². The van der Waals surface area contributed by atoms with E-state index in [9.17, 15) is 4.79 Å². The standard InChI is InChI=1S/C15H22N2O2/c1-17(13-7-9-19-10-8-13)15(18)14(16)11-12-5-3-2-4-6-12/h2-6,13-14H,7-11,16H2,1H3. The summed E-state index contributed by atoms with van der Waals surface area (Å²) >= 11 is 0. The van der Waals surface area contributed by atoms with Crippen LogP contribution < -0.4 is 5.73 Å². The molecule has 1 atom stereocenters. The van der Waals surface area contributed by atoms with Crippen LogP contribution in [0.25, 0.3) is 0 Å². The van der Waals surface area contributed by atoms with Gasteiger partial charge in [-0.1, -0.05) is 30.3 Å². The van der Waals surface area contributed by atoms with Gasteiger partial charge in [-0.05, 0) is 24.8 Å². The predicted octanol–water partition coefficient (Wildman–Crippen LogP) is 1.19. The number of likely N-dealkylation sites (N-methyl/N-ethyl adjacent to an activating group) is 1. The number of carbonyl (C=O) groups excluding carboxylic acids is 1. The Morgan fingerprint density at radius 2 is 2.00 bits per heavy atom. The average Bonchev–Trinajstić information content (AvgIpc) is 2.47. The lowest BCUT2D eigenvalue weighted by Gasteiger charge is -2.32. The molecular weight excluding hydrogens is 240 g/mol. The first-order chi connectivity index (χ1) is 9.18. The number of benzene rings is 1. The Morgan fingerprint density at radius 1 is 1.37 bits per heavy atom. The number of nitrogens with two attached hydrogens (primary N) is 1. The molecule has 1 saturated heterocycles. The quantitative estimate of drug-likeness (QED) is 0.887. The van der Waals surface area contributed by atoms with Gasteiger partial charge in [-0.2, -0.15) is 0 Å². The topological polar surface area (TPSA) is 55.6 Å². The third-order valence-corrected chi connectivity index (χ3v) is 3.70. The molecule has 1 heterocycles. The van der Waals surface area contributed by atoms with Crippen LogP contribution in [0.1, 0.15) is 18.4 Å². The molecule has 0 saturated carbocycles. The number of rotatable bonds is 4. The van der Waals surface area contributed by atoms with Gasteiger partial charge in [0.25, 0.3) is 0 Å². The minimum atomic E-state index is -0.463. The maximum atomic E-state index is 12.3. The van der Waals surface area contributed by atoms with Crippen LogP contribution in [0.15, 0.2) is 30.3 Å². The number of nitrogens with zero attached hydrogens (tertiary/aromatic N) is 1. The van der Waals surface area contributed by atoms with E-state index < -0.39 is 6.04 Å². The fourth-order valence-corrected chi connectivity index (χ4v) is 2.47. The zero-order valence-electron chi connectivity index (χ0n) is 11.4. The number of hydrogen-bond acceptors (Lipinski definition) is 3. The van der Waals surface area contributed by atoms with Gasteiger partial charge in [0.05, 0.1) is 6.04 Å². The molecule has 1 aliphatic rings. The van der Waals surface area contributed by atoms with E-state index in [4.69, 9.17) is 10.5 Å². The molecule has 1 aromatic rings. The summed E-state index contributed by atoms with van der Waals surface area (Å²) in [5.74, 6) is 0.0238. The molecule has 1 aliphatic heterocycles. The Hall–Kier alpha value is -1.39. The van der Waals surface area contributed by atoms with Gasteiger partial charge in [0, 0.05) is 26.3 Å². The van der Waals surface area contributed by atoms with Crippen LogP contribution in [0, 0.1) is 0 Å². The van der Waals surface area contributed by atoms with Crippen molar-refractivity contribution in [2.75, 3.05) is 20.3 Å². The van der Waals surface area contributed by atoms with Crippen molar-refractivity contribution in [1.29, 1.82) is 0 Å². The molecule has 0 bridgehead atoms. The first-order valence-electron chi connectivity index (χ1n) is 6.82. The molecule has 0 aliphatic carbocycles. The second-order valence-electron chi connectivity index (χ2n) is 5.09. The number of amides is 1. The Bertz CT molecular complexity index is 402. The normalized spacial score (nSPS) is 18.0. The molecule has 2 rings (SSSR count). The van der Waals surface area contributed by atoms with E-state index in [0.29, 0.717) is 6.42 Å². The second kappa shape index (κ2) is 6.68. The highest BCUT2D eigenvalue weighted by Gasteiger charge is 2.26. The third kappa shape index (κ3) is 3.78. The molecule has 1 fully saturated rings. The maximum absolute atomic E-state index is 12.3. The lowest BCUT2D eigenvalue weighted by atomic mass is 10.0. The molecule has 4 nitrogen and oxygen atoms in total. The van der Waals surface area contributed by atoms with Gasteiger partial charge in [0.15, 0.2) is 0 Å². The number of carbonyl (C=O) groups is 1. The zero-order chi connectivity index (χ0) is 13.7. The first kappa shape index (κ1) is 14.0. The number of ether oxygens (including phenoxy) is 1. The predicted molar refractivity (Wildman–Crippen MR) is 74.7 cm³/mol. The molecule has 1 aromatic carbocycles. The van der Waals surface area contributed by atoms with Crippen LogP contribution in [0.3, 0.4) is 0 Å². The van der Waals surface area contributed by atoms with E-state index in [1.165, 1.54) is 0 Å². The Labute approximate surface area is 114 Å². The SMILES string of the molecule is CN(C(=O)C(N)Cc1ccccc1)C1CCOCC1. The van der Waals surface area contributed by atoms with E-state index in [1.807, 2.05) is 37.4 Å². The Kier molecular flexibility index (Phi) is 4.93. The average molecular weight is 262 g/mol. The van der Waals surface area contributed by atoms with Gasteiger partial charge in [0.2, 0.25) is 5.91 Å². The van der Waals surface area contributed by atoms with E-state index in [1.54, 1.807) is 4.90 Å². The Balaban J connectivity index is 1.90. The number of hydrogen-bond donors (Lipinski definition) is 1. The molecule has 1 unspecified atom stereocenters. The van der Waals surface area contributed by atoms with Crippen molar-refractivity contribution in [3.63, 3.8) is 0 Å². The molecule has 2 N–H and O–H groups in total. The van der Waals surface area contributed by atoms with Crippen LogP contribution in [0.5, 0.6) is 0 Å². The molecule has 1 amide bonds. The molecular formula is C15H22N2O2. The van der Waals surface area contributed by atoms with Gasteiger partial charge < -0.3 is 15.4 Å². The molecule has 0 aromatic heterocycles. The first-order valence-corrected chi connectivity index (χ1v) is 6.82. The largest absolute Gasteiger partial charge is 0.381 e. The molecule has 104 valence electrons.